The van der Waals surface area contributed by atoms with Crippen molar-refractivity contribution in [3.8, 4) is 5.88 Å². The fourth-order valence-electron chi connectivity index (χ4n) is 4.09. The highest BCUT2D eigenvalue weighted by Gasteiger charge is 2.23. The van der Waals surface area contributed by atoms with Gasteiger partial charge >= 0.3 is 0 Å². The SMILES string of the molecule is CC(=O)N=c1c(Cc2cn(S(=O)(=O)c3ccc(C)cc3)c3ccccc23)nc(O)c(CC(C)C)n1O. The van der Waals surface area contributed by atoms with Crippen molar-refractivity contribution in [2.24, 2.45) is 10.9 Å². The Morgan fingerprint density at radius 3 is 2.42 bits per heavy atom. The van der Waals surface area contributed by atoms with Gasteiger partial charge in [0.2, 0.25) is 11.8 Å². The van der Waals surface area contributed by atoms with Gasteiger partial charge in [0.15, 0.2) is 5.49 Å². The van der Waals surface area contributed by atoms with Crippen LogP contribution in [0.15, 0.2) is 64.6 Å². The third-order valence-corrected chi connectivity index (χ3v) is 7.46. The number of benzene rings is 2. The van der Waals surface area contributed by atoms with Crippen molar-refractivity contribution in [1.82, 2.24) is 13.7 Å². The van der Waals surface area contributed by atoms with Crippen molar-refractivity contribution in [3.63, 3.8) is 0 Å². The topological polar surface area (TPSA) is 127 Å². The zero-order valence-corrected chi connectivity index (χ0v) is 21.3. The van der Waals surface area contributed by atoms with E-state index in [1.54, 1.807) is 48.5 Å². The van der Waals surface area contributed by atoms with E-state index in [9.17, 15) is 23.5 Å². The minimum absolute atomic E-state index is 0.0130. The second-order valence-corrected chi connectivity index (χ2v) is 11.0. The van der Waals surface area contributed by atoms with Gasteiger partial charge in [0.25, 0.3) is 10.0 Å². The van der Waals surface area contributed by atoms with Crippen LogP contribution in [0.4, 0.5) is 0 Å². The molecule has 0 saturated heterocycles. The first kappa shape index (κ1) is 25.2. The summed E-state index contributed by atoms with van der Waals surface area (Å²) < 4.78 is 28.9. The molecule has 0 aliphatic carbocycles. The Kier molecular flexibility index (Phi) is 6.73. The van der Waals surface area contributed by atoms with Gasteiger partial charge < -0.3 is 10.3 Å². The Morgan fingerprint density at radius 1 is 1.11 bits per heavy atom. The molecule has 0 saturated carbocycles. The summed E-state index contributed by atoms with van der Waals surface area (Å²) in [6.07, 6.45) is 1.82. The molecule has 4 aromatic rings. The normalized spacial score (nSPS) is 12.5. The molecule has 0 aliphatic heterocycles. The number of para-hydroxylation sites is 1. The molecule has 2 aromatic heterocycles. The van der Waals surface area contributed by atoms with Gasteiger partial charge in [0, 0.05) is 24.9 Å². The Bertz CT molecular complexity index is 1630. The molecule has 0 radical (unpaired) electrons. The summed E-state index contributed by atoms with van der Waals surface area (Å²) in [7, 11) is -3.90. The number of carbonyl (C=O) groups is 1. The Morgan fingerprint density at radius 2 is 1.78 bits per heavy atom. The number of aryl methyl sites for hydroxylation is 1. The van der Waals surface area contributed by atoms with E-state index in [4.69, 9.17) is 0 Å². The second-order valence-electron chi connectivity index (χ2n) is 9.16. The zero-order valence-electron chi connectivity index (χ0n) is 20.5. The van der Waals surface area contributed by atoms with E-state index in [1.807, 2.05) is 20.8 Å². The molecule has 9 nitrogen and oxygen atoms in total. The number of aromatic nitrogens is 3. The highest BCUT2D eigenvalue weighted by molar-refractivity contribution is 7.90. The van der Waals surface area contributed by atoms with Crippen LogP contribution < -0.4 is 5.49 Å². The standard InChI is InChI=1S/C26H28N4O5S/c1-16(2)13-24-26(32)28-22(25(30(24)33)27-18(4)31)14-19-15-29(23-8-6-5-7-21(19)23)36(34,35)20-11-9-17(3)10-12-20/h5-12,15-16,32-33H,13-14H2,1-4H3. The Hall–Kier alpha value is -3.92. The van der Waals surface area contributed by atoms with E-state index in [0.717, 1.165) is 5.56 Å². The first-order valence-electron chi connectivity index (χ1n) is 11.5. The minimum Gasteiger partial charge on any atom is -0.492 e. The van der Waals surface area contributed by atoms with Crippen LogP contribution in [0, 0.1) is 12.8 Å². The average molecular weight is 509 g/mol. The molecule has 1 amide bonds. The van der Waals surface area contributed by atoms with Gasteiger partial charge in [-0.3, -0.25) is 4.79 Å². The van der Waals surface area contributed by atoms with Crippen LogP contribution in [0.3, 0.4) is 0 Å². The number of amides is 1. The van der Waals surface area contributed by atoms with E-state index in [-0.39, 0.29) is 40.0 Å². The summed E-state index contributed by atoms with van der Waals surface area (Å²) in [6, 6.07) is 13.6. The molecule has 4 rings (SSSR count). The summed E-state index contributed by atoms with van der Waals surface area (Å²) in [6.45, 7) is 6.96. The molecule has 0 fully saturated rings. The number of rotatable bonds is 6. The monoisotopic (exact) mass is 508 g/mol. The van der Waals surface area contributed by atoms with Crippen molar-refractivity contribution in [3.05, 3.63) is 82.7 Å². The van der Waals surface area contributed by atoms with Crippen LogP contribution in [-0.2, 0) is 27.7 Å². The fraction of sp³-hybridized carbons (Fsp3) is 0.269. The highest BCUT2D eigenvalue weighted by atomic mass is 32.2. The lowest BCUT2D eigenvalue weighted by Gasteiger charge is -2.13. The molecule has 2 N–H and O–H groups in total. The molecule has 0 spiro atoms. The fourth-order valence-corrected chi connectivity index (χ4v) is 5.48. The summed E-state index contributed by atoms with van der Waals surface area (Å²) in [5, 5.41) is 22.0. The first-order valence-corrected chi connectivity index (χ1v) is 12.9. The van der Waals surface area contributed by atoms with E-state index in [1.165, 1.54) is 17.1 Å². The lowest BCUT2D eigenvalue weighted by molar-refractivity contribution is -0.116. The van der Waals surface area contributed by atoms with Crippen LogP contribution in [-0.4, -0.2) is 38.3 Å². The van der Waals surface area contributed by atoms with Crippen LogP contribution >= 0.6 is 0 Å². The Labute approximate surface area is 209 Å². The van der Waals surface area contributed by atoms with Crippen LogP contribution in [0.2, 0.25) is 0 Å². The maximum atomic E-state index is 13.5. The van der Waals surface area contributed by atoms with Gasteiger partial charge in [0.05, 0.1) is 16.1 Å². The van der Waals surface area contributed by atoms with Crippen molar-refractivity contribution in [1.29, 1.82) is 0 Å². The van der Waals surface area contributed by atoms with Crippen molar-refractivity contribution in [2.45, 2.75) is 45.4 Å². The molecule has 0 atom stereocenters. The molecule has 36 heavy (non-hydrogen) atoms. The van der Waals surface area contributed by atoms with Crippen LogP contribution in [0.25, 0.3) is 10.9 Å². The molecular weight excluding hydrogens is 480 g/mol. The van der Waals surface area contributed by atoms with Gasteiger partial charge in [-0.2, -0.15) is 9.72 Å². The van der Waals surface area contributed by atoms with Gasteiger partial charge in [-0.1, -0.05) is 49.7 Å². The Balaban J connectivity index is 1.90. The first-order chi connectivity index (χ1) is 17.0. The van der Waals surface area contributed by atoms with Gasteiger partial charge in [-0.25, -0.2) is 17.4 Å². The van der Waals surface area contributed by atoms with E-state index < -0.39 is 15.9 Å². The predicted molar refractivity (Wildman–Crippen MR) is 134 cm³/mol. The maximum Gasteiger partial charge on any atom is 0.268 e. The van der Waals surface area contributed by atoms with Gasteiger partial charge in [0.1, 0.15) is 5.69 Å². The highest BCUT2D eigenvalue weighted by Crippen LogP contribution is 2.28. The van der Waals surface area contributed by atoms with Crippen LogP contribution in [0.5, 0.6) is 5.88 Å². The maximum absolute atomic E-state index is 13.5. The number of carbonyl (C=O) groups excluding carboxylic acids is 1. The third-order valence-electron chi connectivity index (χ3n) is 5.77. The smallest absolute Gasteiger partial charge is 0.268 e. The molecule has 188 valence electrons. The largest absolute Gasteiger partial charge is 0.492 e. The quantitative estimate of drug-likeness (QED) is 0.384. The number of hydrogen-bond acceptors (Lipinski definition) is 6. The molecular formula is C26H28N4O5S. The number of nitrogens with zero attached hydrogens (tertiary/aromatic N) is 4. The summed E-state index contributed by atoms with van der Waals surface area (Å²) >= 11 is 0. The number of aromatic hydroxyl groups is 1. The number of fused-ring (bicyclic) bond motifs is 1. The minimum atomic E-state index is -3.90. The third kappa shape index (κ3) is 4.76. The van der Waals surface area contributed by atoms with Crippen molar-refractivity contribution >= 4 is 26.8 Å². The second kappa shape index (κ2) is 9.62. The summed E-state index contributed by atoms with van der Waals surface area (Å²) in [5.74, 6) is -0.830. The van der Waals surface area contributed by atoms with Crippen LogP contribution in [0.1, 0.15) is 43.3 Å². The molecule has 0 aliphatic rings. The molecule has 10 heteroatoms. The average Bonchev–Trinajstić information content (AvgIpc) is 3.18. The van der Waals surface area contributed by atoms with Gasteiger partial charge in [-0.05, 0) is 43.0 Å². The summed E-state index contributed by atoms with van der Waals surface area (Å²) in [5.41, 5.74) is 2.15. The molecule has 0 unspecified atom stereocenters. The molecule has 2 aromatic carbocycles. The number of hydrogen-bond donors (Lipinski definition) is 2. The lowest BCUT2D eigenvalue weighted by Crippen LogP contribution is -2.30. The summed E-state index contributed by atoms with van der Waals surface area (Å²) in [4.78, 5) is 20.2. The van der Waals surface area contributed by atoms with E-state index >= 15 is 0 Å². The van der Waals surface area contributed by atoms with Crippen molar-refractivity contribution in [2.75, 3.05) is 0 Å². The van der Waals surface area contributed by atoms with E-state index in [2.05, 4.69) is 9.98 Å². The molecule has 0 bridgehead atoms. The molecule has 2 heterocycles. The van der Waals surface area contributed by atoms with E-state index in [0.29, 0.717) is 27.6 Å². The lowest BCUT2D eigenvalue weighted by atomic mass is 10.1. The predicted octanol–water partition coefficient (Wildman–Crippen LogP) is 3.56. The van der Waals surface area contributed by atoms with Crippen molar-refractivity contribution < 1.29 is 23.5 Å². The van der Waals surface area contributed by atoms with Gasteiger partial charge in [-0.15, -0.1) is 0 Å². The zero-order chi connectivity index (χ0) is 26.2.